The Bertz CT molecular complexity index is 216. The van der Waals surface area contributed by atoms with Crippen molar-refractivity contribution in [1.82, 2.24) is 15.1 Å². The highest BCUT2D eigenvalue weighted by molar-refractivity contribution is 4.97. The summed E-state index contributed by atoms with van der Waals surface area (Å²) in [6.07, 6.45) is 6.97. The lowest BCUT2D eigenvalue weighted by molar-refractivity contribution is 0.113. The Labute approximate surface area is 107 Å². The van der Waals surface area contributed by atoms with Crippen molar-refractivity contribution in [1.29, 1.82) is 0 Å². The zero-order valence-electron chi connectivity index (χ0n) is 11.8. The quantitative estimate of drug-likeness (QED) is 0.758. The fraction of sp³-hybridized carbons (Fsp3) is 1.00. The van der Waals surface area contributed by atoms with Gasteiger partial charge in [-0.2, -0.15) is 0 Å². The van der Waals surface area contributed by atoms with E-state index in [1.165, 1.54) is 45.2 Å². The molecule has 2 aliphatic rings. The summed E-state index contributed by atoms with van der Waals surface area (Å²) in [6, 6.07) is 2.54. The molecule has 0 aromatic rings. The number of piperidine rings is 1. The average molecular weight is 239 g/mol. The van der Waals surface area contributed by atoms with Gasteiger partial charge in [0.1, 0.15) is 0 Å². The van der Waals surface area contributed by atoms with E-state index < -0.39 is 0 Å². The smallest absolute Gasteiger partial charge is 0.0114 e. The third kappa shape index (κ3) is 3.43. The summed E-state index contributed by atoms with van der Waals surface area (Å²) in [7, 11) is 4.35. The van der Waals surface area contributed by atoms with E-state index >= 15 is 0 Å². The molecule has 0 aromatic heterocycles. The first-order valence-electron chi connectivity index (χ1n) is 7.34. The zero-order chi connectivity index (χ0) is 12.3. The molecule has 0 radical (unpaired) electrons. The molecule has 2 atom stereocenters. The molecule has 3 heteroatoms. The third-order valence-electron chi connectivity index (χ3n) is 4.40. The molecule has 2 aliphatic heterocycles. The van der Waals surface area contributed by atoms with Crippen molar-refractivity contribution in [2.45, 2.75) is 57.2 Å². The normalized spacial score (nSPS) is 33.5. The predicted molar refractivity (Wildman–Crippen MR) is 73.4 cm³/mol. The number of hydrogen-bond acceptors (Lipinski definition) is 3. The van der Waals surface area contributed by atoms with Crippen LogP contribution in [0.3, 0.4) is 0 Å². The van der Waals surface area contributed by atoms with Crippen LogP contribution in [-0.4, -0.2) is 61.7 Å². The number of nitrogens with one attached hydrogen (secondary N) is 1. The van der Waals surface area contributed by atoms with E-state index in [4.69, 9.17) is 0 Å². The van der Waals surface area contributed by atoms with Gasteiger partial charge < -0.3 is 10.2 Å². The predicted octanol–water partition coefficient (Wildman–Crippen LogP) is 1.54. The molecule has 2 saturated heterocycles. The van der Waals surface area contributed by atoms with Gasteiger partial charge in [-0.1, -0.05) is 6.92 Å². The molecular formula is C14H29N3. The van der Waals surface area contributed by atoms with E-state index in [9.17, 15) is 0 Å². The topological polar surface area (TPSA) is 18.5 Å². The van der Waals surface area contributed by atoms with Crippen molar-refractivity contribution in [2.24, 2.45) is 0 Å². The van der Waals surface area contributed by atoms with Gasteiger partial charge in [0.05, 0.1) is 0 Å². The molecule has 2 unspecified atom stereocenters. The van der Waals surface area contributed by atoms with Gasteiger partial charge in [0, 0.05) is 18.1 Å². The van der Waals surface area contributed by atoms with Crippen LogP contribution < -0.4 is 5.32 Å². The Morgan fingerprint density at radius 1 is 1.18 bits per heavy atom. The summed E-state index contributed by atoms with van der Waals surface area (Å²) in [6.45, 7) is 5.90. The molecule has 17 heavy (non-hydrogen) atoms. The van der Waals surface area contributed by atoms with Crippen LogP contribution >= 0.6 is 0 Å². The number of rotatable bonds is 6. The minimum atomic E-state index is 0.794. The van der Waals surface area contributed by atoms with Gasteiger partial charge in [0.15, 0.2) is 0 Å². The molecule has 0 amide bonds. The second kappa shape index (κ2) is 6.17. The van der Waals surface area contributed by atoms with Crippen molar-refractivity contribution in [3.05, 3.63) is 0 Å². The first-order chi connectivity index (χ1) is 8.20. The molecule has 2 heterocycles. The Hall–Kier alpha value is -0.120. The Morgan fingerprint density at radius 2 is 1.82 bits per heavy atom. The summed E-state index contributed by atoms with van der Waals surface area (Å²) in [4.78, 5) is 5.10. The maximum Gasteiger partial charge on any atom is 0.0114 e. The average Bonchev–Trinajstić information content (AvgIpc) is 2.52. The lowest BCUT2D eigenvalue weighted by Crippen LogP contribution is -2.49. The molecule has 1 N–H and O–H groups in total. The van der Waals surface area contributed by atoms with Gasteiger partial charge in [-0.05, 0) is 65.8 Å². The number of hydrogen-bond donors (Lipinski definition) is 1. The van der Waals surface area contributed by atoms with E-state index in [1.54, 1.807) is 0 Å². The number of nitrogens with zero attached hydrogens (tertiary/aromatic N) is 2. The van der Waals surface area contributed by atoms with Crippen LogP contribution in [0, 0.1) is 0 Å². The highest BCUT2D eigenvalue weighted by Gasteiger charge is 2.39. The summed E-state index contributed by atoms with van der Waals surface area (Å²) < 4.78 is 0. The van der Waals surface area contributed by atoms with Crippen molar-refractivity contribution in [3.8, 4) is 0 Å². The standard InChI is InChI=1S/C14H29N3/c1-4-15-12-10-13-6-7-14(11-12)17(13)9-5-8-16(2)3/h12-15H,4-11H2,1-3H3. The van der Waals surface area contributed by atoms with Crippen LogP contribution in [0.2, 0.25) is 0 Å². The second-order valence-corrected chi connectivity index (χ2v) is 6.01. The van der Waals surface area contributed by atoms with Gasteiger partial charge >= 0.3 is 0 Å². The molecular weight excluding hydrogens is 210 g/mol. The summed E-state index contributed by atoms with van der Waals surface area (Å²) in [5.74, 6) is 0. The fourth-order valence-electron chi connectivity index (χ4n) is 3.66. The third-order valence-corrected chi connectivity index (χ3v) is 4.40. The fourth-order valence-corrected chi connectivity index (χ4v) is 3.66. The van der Waals surface area contributed by atoms with E-state index in [0.29, 0.717) is 0 Å². The van der Waals surface area contributed by atoms with E-state index in [2.05, 4.69) is 36.1 Å². The van der Waals surface area contributed by atoms with Crippen molar-refractivity contribution in [3.63, 3.8) is 0 Å². The second-order valence-electron chi connectivity index (χ2n) is 6.01. The lowest BCUT2D eigenvalue weighted by Gasteiger charge is -2.39. The minimum Gasteiger partial charge on any atom is -0.314 e. The first-order valence-corrected chi connectivity index (χ1v) is 7.34. The van der Waals surface area contributed by atoms with Crippen molar-refractivity contribution < 1.29 is 0 Å². The molecule has 2 fully saturated rings. The summed E-state index contributed by atoms with van der Waals surface area (Å²) in [5, 5.41) is 3.65. The summed E-state index contributed by atoms with van der Waals surface area (Å²) in [5.41, 5.74) is 0. The van der Waals surface area contributed by atoms with Crippen molar-refractivity contribution in [2.75, 3.05) is 33.7 Å². The first kappa shape index (κ1) is 13.3. The molecule has 0 saturated carbocycles. The van der Waals surface area contributed by atoms with Crippen LogP contribution in [-0.2, 0) is 0 Å². The van der Waals surface area contributed by atoms with Gasteiger partial charge in [-0.25, -0.2) is 0 Å². The molecule has 0 aromatic carbocycles. The van der Waals surface area contributed by atoms with Crippen LogP contribution in [0.25, 0.3) is 0 Å². The van der Waals surface area contributed by atoms with Gasteiger partial charge in [0.25, 0.3) is 0 Å². The maximum absolute atomic E-state index is 3.65. The molecule has 0 spiro atoms. The molecule has 2 rings (SSSR count). The van der Waals surface area contributed by atoms with Crippen molar-refractivity contribution >= 4 is 0 Å². The molecule has 2 bridgehead atoms. The van der Waals surface area contributed by atoms with E-state index in [0.717, 1.165) is 24.7 Å². The van der Waals surface area contributed by atoms with Gasteiger partial charge in [0.2, 0.25) is 0 Å². The highest BCUT2D eigenvalue weighted by atomic mass is 15.2. The van der Waals surface area contributed by atoms with Gasteiger partial charge in [-0.3, -0.25) is 4.90 Å². The van der Waals surface area contributed by atoms with Crippen LogP contribution in [0.4, 0.5) is 0 Å². The highest BCUT2D eigenvalue weighted by Crippen LogP contribution is 2.35. The van der Waals surface area contributed by atoms with E-state index in [1.807, 2.05) is 0 Å². The SMILES string of the molecule is CCNC1CC2CCC(C1)N2CCCN(C)C. The van der Waals surface area contributed by atoms with Gasteiger partial charge in [-0.15, -0.1) is 0 Å². The minimum absolute atomic E-state index is 0.794. The maximum atomic E-state index is 3.65. The molecule has 0 aliphatic carbocycles. The summed E-state index contributed by atoms with van der Waals surface area (Å²) >= 11 is 0. The Morgan fingerprint density at radius 3 is 2.35 bits per heavy atom. The Kier molecular flexibility index (Phi) is 4.83. The Balaban J connectivity index is 1.78. The molecule has 3 nitrogen and oxygen atoms in total. The molecule has 100 valence electrons. The van der Waals surface area contributed by atoms with Crippen LogP contribution in [0.15, 0.2) is 0 Å². The monoisotopic (exact) mass is 239 g/mol. The largest absolute Gasteiger partial charge is 0.314 e. The lowest BCUT2D eigenvalue weighted by atomic mass is 9.97. The van der Waals surface area contributed by atoms with Crippen LogP contribution in [0.5, 0.6) is 0 Å². The van der Waals surface area contributed by atoms with E-state index in [-0.39, 0.29) is 0 Å². The van der Waals surface area contributed by atoms with Crippen LogP contribution in [0.1, 0.15) is 39.0 Å². The number of fused-ring (bicyclic) bond motifs is 2. The zero-order valence-corrected chi connectivity index (χ0v) is 11.8.